The number of piperazine rings is 1. The fraction of sp³-hybridized carbons (Fsp3) is 0.938. The molecule has 1 heterocycles. The molecule has 1 aliphatic heterocycles. The van der Waals surface area contributed by atoms with E-state index in [1.165, 1.54) is 13.5 Å². The average Bonchev–Trinajstić information content (AvgIpc) is 2.53. The smallest absolute Gasteiger partial charge is 0.325 e. The van der Waals surface area contributed by atoms with E-state index in [0.717, 1.165) is 32.6 Å². The summed E-state index contributed by atoms with van der Waals surface area (Å²) in [6.45, 7) is 13.1. The fourth-order valence-electron chi connectivity index (χ4n) is 3.11. The lowest BCUT2D eigenvalue weighted by Crippen LogP contribution is -2.56. The van der Waals surface area contributed by atoms with E-state index >= 15 is 0 Å². The molecule has 0 aromatic carbocycles. The van der Waals surface area contributed by atoms with Gasteiger partial charge in [0.1, 0.15) is 5.54 Å². The maximum atomic E-state index is 12.0. The molecule has 1 saturated heterocycles. The molecule has 0 saturated carbocycles. The van der Waals surface area contributed by atoms with E-state index in [-0.39, 0.29) is 5.97 Å². The van der Waals surface area contributed by atoms with E-state index in [1.807, 2.05) is 14.0 Å². The van der Waals surface area contributed by atoms with Crippen molar-refractivity contribution in [3.05, 3.63) is 0 Å². The van der Waals surface area contributed by atoms with Crippen LogP contribution >= 0.6 is 0 Å². The molecule has 0 radical (unpaired) electrons. The monoisotopic (exact) mass is 299 g/mol. The molecule has 0 aliphatic carbocycles. The van der Waals surface area contributed by atoms with E-state index in [0.29, 0.717) is 12.1 Å². The van der Waals surface area contributed by atoms with Gasteiger partial charge in [0.2, 0.25) is 0 Å². The first-order valence-electron chi connectivity index (χ1n) is 8.13. The summed E-state index contributed by atoms with van der Waals surface area (Å²) in [5.74, 6) is -0.185. The third-order valence-electron chi connectivity index (χ3n) is 5.08. The summed E-state index contributed by atoms with van der Waals surface area (Å²) in [6.07, 6.45) is 1.97. The molecule has 1 rings (SSSR count). The lowest BCUT2D eigenvalue weighted by Gasteiger charge is -2.42. The largest absolute Gasteiger partial charge is 0.468 e. The van der Waals surface area contributed by atoms with Gasteiger partial charge in [-0.2, -0.15) is 0 Å². The fourth-order valence-corrected chi connectivity index (χ4v) is 3.11. The van der Waals surface area contributed by atoms with Gasteiger partial charge in [-0.25, -0.2) is 0 Å². The van der Waals surface area contributed by atoms with Gasteiger partial charge >= 0.3 is 5.97 Å². The van der Waals surface area contributed by atoms with Crippen LogP contribution in [0.1, 0.15) is 40.5 Å². The Bertz CT molecular complexity index is 329. The van der Waals surface area contributed by atoms with Gasteiger partial charge in [0, 0.05) is 38.3 Å². The normalized spacial score (nSPS) is 23.3. The number of likely N-dealkylation sites (N-methyl/N-ethyl adjacent to an activating group) is 1. The summed E-state index contributed by atoms with van der Waals surface area (Å²) < 4.78 is 4.93. The van der Waals surface area contributed by atoms with E-state index < -0.39 is 5.54 Å². The van der Waals surface area contributed by atoms with Crippen molar-refractivity contribution in [3.63, 3.8) is 0 Å². The van der Waals surface area contributed by atoms with Gasteiger partial charge < -0.3 is 10.1 Å². The number of carbonyl (C=O) groups is 1. The average molecular weight is 299 g/mol. The van der Waals surface area contributed by atoms with Crippen molar-refractivity contribution in [1.29, 1.82) is 0 Å². The Hall–Kier alpha value is -0.650. The quantitative estimate of drug-likeness (QED) is 0.719. The first-order valence-corrected chi connectivity index (χ1v) is 8.13. The maximum Gasteiger partial charge on any atom is 0.325 e. The predicted molar refractivity (Wildman–Crippen MR) is 86.5 cm³/mol. The molecule has 0 spiro atoms. The summed E-state index contributed by atoms with van der Waals surface area (Å²) >= 11 is 0. The van der Waals surface area contributed by atoms with E-state index in [2.05, 4.69) is 35.9 Å². The Morgan fingerprint density at radius 2 is 1.67 bits per heavy atom. The SMILES string of the molecule is CCC(C)N1CCN(C(C)CC(C)(NC)C(=O)OC)CC1. The van der Waals surface area contributed by atoms with Crippen LogP contribution in [0.3, 0.4) is 0 Å². The Balaban J connectivity index is 2.54. The minimum absolute atomic E-state index is 0.185. The van der Waals surface area contributed by atoms with Crippen molar-refractivity contribution < 1.29 is 9.53 Å². The van der Waals surface area contributed by atoms with E-state index in [9.17, 15) is 4.79 Å². The van der Waals surface area contributed by atoms with Gasteiger partial charge in [-0.15, -0.1) is 0 Å². The van der Waals surface area contributed by atoms with Crippen molar-refractivity contribution in [2.24, 2.45) is 0 Å². The van der Waals surface area contributed by atoms with Gasteiger partial charge in [0.25, 0.3) is 0 Å². The number of rotatable bonds is 7. The molecule has 21 heavy (non-hydrogen) atoms. The third-order valence-corrected chi connectivity index (χ3v) is 5.08. The Kier molecular flexibility index (Phi) is 7.10. The number of ether oxygens (including phenoxy) is 1. The van der Waals surface area contributed by atoms with Crippen LogP contribution in [-0.4, -0.2) is 73.7 Å². The second-order valence-corrected chi connectivity index (χ2v) is 6.46. The van der Waals surface area contributed by atoms with Crippen molar-refractivity contribution in [1.82, 2.24) is 15.1 Å². The highest BCUT2D eigenvalue weighted by Gasteiger charge is 2.36. The molecular formula is C16H33N3O2. The van der Waals surface area contributed by atoms with Crippen molar-refractivity contribution in [2.45, 2.75) is 58.2 Å². The second kappa shape index (κ2) is 8.11. The highest BCUT2D eigenvalue weighted by Crippen LogP contribution is 2.19. The number of carbonyl (C=O) groups excluding carboxylic acids is 1. The highest BCUT2D eigenvalue weighted by molar-refractivity contribution is 5.80. The third kappa shape index (κ3) is 4.66. The van der Waals surface area contributed by atoms with Crippen LogP contribution in [0.2, 0.25) is 0 Å². The summed E-state index contributed by atoms with van der Waals surface area (Å²) in [5, 5.41) is 3.12. The van der Waals surface area contributed by atoms with Crippen LogP contribution in [0, 0.1) is 0 Å². The Morgan fingerprint density at radius 1 is 1.19 bits per heavy atom. The molecule has 0 amide bonds. The van der Waals surface area contributed by atoms with Crippen LogP contribution in [-0.2, 0) is 9.53 Å². The molecule has 3 atom stereocenters. The molecule has 3 unspecified atom stereocenters. The predicted octanol–water partition coefficient (Wildman–Crippen LogP) is 1.33. The zero-order valence-electron chi connectivity index (χ0n) is 14.6. The molecule has 0 aromatic rings. The van der Waals surface area contributed by atoms with Crippen LogP contribution in [0.15, 0.2) is 0 Å². The van der Waals surface area contributed by atoms with Gasteiger partial charge in [-0.05, 0) is 40.7 Å². The van der Waals surface area contributed by atoms with Crippen LogP contribution < -0.4 is 5.32 Å². The zero-order valence-corrected chi connectivity index (χ0v) is 14.6. The van der Waals surface area contributed by atoms with Crippen molar-refractivity contribution >= 4 is 5.97 Å². The van der Waals surface area contributed by atoms with E-state index in [4.69, 9.17) is 4.74 Å². The minimum Gasteiger partial charge on any atom is -0.468 e. The van der Waals surface area contributed by atoms with E-state index in [1.54, 1.807) is 0 Å². The van der Waals surface area contributed by atoms with Gasteiger partial charge in [-0.1, -0.05) is 6.92 Å². The Morgan fingerprint density at radius 3 is 2.05 bits per heavy atom. The lowest BCUT2D eigenvalue weighted by molar-refractivity contribution is -0.148. The number of nitrogens with zero attached hydrogens (tertiary/aromatic N) is 2. The number of methoxy groups -OCH3 is 1. The molecule has 0 bridgehead atoms. The summed E-state index contributed by atoms with van der Waals surface area (Å²) in [4.78, 5) is 17.0. The standard InChI is InChI=1S/C16H33N3O2/c1-7-13(2)18-8-10-19(11-9-18)14(3)12-16(4,17-5)15(20)21-6/h13-14,17H,7-12H2,1-6H3. The maximum absolute atomic E-state index is 12.0. The lowest BCUT2D eigenvalue weighted by atomic mass is 9.92. The Labute approximate surface area is 130 Å². The number of esters is 1. The minimum atomic E-state index is -0.609. The van der Waals surface area contributed by atoms with Crippen LogP contribution in [0.5, 0.6) is 0 Å². The summed E-state index contributed by atoms with van der Waals surface area (Å²) in [5.41, 5.74) is -0.609. The topological polar surface area (TPSA) is 44.8 Å². The molecule has 5 nitrogen and oxygen atoms in total. The number of nitrogens with one attached hydrogen (secondary N) is 1. The molecule has 1 aliphatic rings. The summed E-state index contributed by atoms with van der Waals surface area (Å²) in [7, 11) is 3.28. The zero-order chi connectivity index (χ0) is 16.0. The van der Waals surface area contributed by atoms with Gasteiger partial charge in [-0.3, -0.25) is 14.6 Å². The van der Waals surface area contributed by atoms with Gasteiger partial charge in [0.15, 0.2) is 0 Å². The molecule has 1 N–H and O–H groups in total. The van der Waals surface area contributed by atoms with Crippen molar-refractivity contribution in [3.8, 4) is 0 Å². The highest BCUT2D eigenvalue weighted by atomic mass is 16.5. The van der Waals surface area contributed by atoms with Gasteiger partial charge in [0.05, 0.1) is 7.11 Å². The first kappa shape index (κ1) is 18.4. The molecule has 5 heteroatoms. The molecule has 1 fully saturated rings. The second-order valence-electron chi connectivity index (χ2n) is 6.46. The molecule has 0 aromatic heterocycles. The number of hydrogen-bond donors (Lipinski definition) is 1. The molecular weight excluding hydrogens is 266 g/mol. The van der Waals surface area contributed by atoms with Crippen molar-refractivity contribution in [2.75, 3.05) is 40.3 Å². The van der Waals surface area contributed by atoms with Crippen LogP contribution in [0.25, 0.3) is 0 Å². The summed E-state index contributed by atoms with van der Waals surface area (Å²) in [6, 6.07) is 1.03. The first-order chi connectivity index (χ1) is 9.87. The molecule has 124 valence electrons. The van der Waals surface area contributed by atoms with Crippen LogP contribution in [0.4, 0.5) is 0 Å². The number of hydrogen-bond acceptors (Lipinski definition) is 5.